The molecular formula is C16H20ClN3O4. The van der Waals surface area contributed by atoms with E-state index in [2.05, 4.69) is 10.6 Å². The second kappa shape index (κ2) is 7.36. The zero-order valence-corrected chi connectivity index (χ0v) is 13.9. The molecule has 0 radical (unpaired) electrons. The van der Waals surface area contributed by atoms with Crippen LogP contribution in [0.4, 0.5) is 5.69 Å². The molecule has 0 saturated carbocycles. The van der Waals surface area contributed by atoms with Crippen LogP contribution in [0.25, 0.3) is 0 Å². The zero-order valence-electron chi connectivity index (χ0n) is 13.2. The predicted octanol–water partition coefficient (Wildman–Crippen LogP) is 2.42. The summed E-state index contributed by atoms with van der Waals surface area (Å²) < 4.78 is 5.39. The number of nitro benzene ring substituents is 1. The fraction of sp³-hybridized carbons (Fsp3) is 0.562. The summed E-state index contributed by atoms with van der Waals surface area (Å²) in [5.74, 6) is 0.0371. The fourth-order valence-corrected chi connectivity index (χ4v) is 3.65. The van der Waals surface area contributed by atoms with Gasteiger partial charge in [-0.25, -0.2) is 0 Å². The highest BCUT2D eigenvalue weighted by atomic mass is 35.5. The molecular weight excluding hydrogens is 334 g/mol. The van der Waals surface area contributed by atoms with Crippen molar-refractivity contribution in [3.05, 3.63) is 33.3 Å². The maximum absolute atomic E-state index is 12.0. The van der Waals surface area contributed by atoms with E-state index in [0.29, 0.717) is 12.1 Å². The minimum Gasteiger partial charge on any atom is -0.486 e. The molecule has 24 heavy (non-hydrogen) atoms. The molecule has 7 nitrogen and oxygen atoms in total. The van der Waals surface area contributed by atoms with Crippen LogP contribution in [0.3, 0.4) is 0 Å². The van der Waals surface area contributed by atoms with Crippen LogP contribution in [0.15, 0.2) is 18.2 Å². The van der Waals surface area contributed by atoms with Crippen LogP contribution in [0.2, 0.25) is 5.02 Å². The lowest BCUT2D eigenvalue weighted by Crippen LogP contribution is -2.48. The van der Waals surface area contributed by atoms with Gasteiger partial charge in [-0.15, -0.1) is 0 Å². The van der Waals surface area contributed by atoms with Crippen molar-refractivity contribution in [2.75, 3.05) is 6.61 Å². The molecule has 2 atom stereocenters. The van der Waals surface area contributed by atoms with Gasteiger partial charge < -0.3 is 15.4 Å². The standard InChI is InChI=1S/C16H20ClN3O4/c17-10-1-4-15(14(7-10)20(22)23)24-6-5-16(21)19-13-8-11-2-3-12(9-13)18-11/h1,4,7,11-13,18H,2-3,5-6,8-9H2,(H,19,21). The first-order valence-electron chi connectivity index (χ1n) is 8.13. The predicted molar refractivity (Wildman–Crippen MR) is 89.3 cm³/mol. The lowest BCUT2D eigenvalue weighted by atomic mass is 10.00. The molecule has 1 amide bonds. The minimum absolute atomic E-state index is 0.0853. The molecule has 3 rings (SSSR count). The molecule has 0 aromatic heterocycles. The number of benzene rings is 1. The van der Waals surface area contributed by atoms with E-state index < -0.39 is 4.92 Å². The van der Waals surface area contributed by atoms with Gasteiger partial charge in [0.05, 0.1) is 18.0 Å². The number of hydrogen-bond donors (Lipinski definition) is 2. The van der Waals surface area contributed by atoms with Crippen LogP contribution in [0, 0.1) is 10.1 Å². The molecule has 2 unspecified atom stereocenters. The Hall–Kier alpha value is -1.86. The molecule has 2 saturated heterocycles. The molecule has 2 N–H and O–H groups in total. The lowest BCUT2D eigenvalue weighted by Gasteiger charge is -2.29. The van der Waals surface area contributed by atoms with Gasteiger partial charge in [0.25, 0.3) is 0 Å². The van der Waals surface area contributed by atoms with Crippen LogP contribution in [-0.2, 0) is 4.79 Å². The Labute approximate surface area is 144 Å². The van der Waals surface area contributed by atoms with E-state index >= 15 is 0 Å². The summed E-state index contributed by atoms with van der Waals surface area (Å²) in [7, 11) is 0. The van der Waals surface area contributed by atoms with Gasteiger partial charge in [-0.3, -0.25) is 14.9 Å². The summed E-state index contributed by atoms with van der Waals surface area (Å²) in [5, 5.41) is 17.8. The smallest absolute Gasteiger partial charge is 0.312 e. The number of nitrogens with one attached hydrogen (secondary N) is 2. The number of piperidine rings is 1. The van der Waals surface area contributed by atoms with Gasteiger partial charge in [0.15, 0.2) is 5.75 Å². The Morgan fingerprint density at radius 2 is 2.08 bits per heavy atom. The highest BCUT2D eigenvalue weighted by molar-refractivity contribution is 6.30. The number of carbonyl (C=O) groups is 1. The molecule has 2 heterocycles. The second-order valence-corrected chi connectivity index (χ2v) is 6.78. The summed E-state index contributed by atoms with van der Waals surface area (Å²) in [6.45, 7) is 0.0894. The number of fused-ring (bicyclic) bond motifs is 2. The number of halogens is 1. The number of ether oxygens (including phenoxy) is 1. The molecule has 2 bridgehead atoms. The SMILES string of the molecule is O=C(CCOc1ccc(Cl)cc1[N+](=O)[O-])NC1CC2CCC(C1)N2. The van der Waals surface area contributed by atoms with Crippen molar-refractivity contribution in [1.82, 2.24) is 10.6 Å². The van der Waals surface area contributed by atoms with Crippen molar-refractivity contribution in [2.45, 2.75) is 50.2 Å². The van der Waals surface area contributed by atoms with Crippen molar-refractivity contribution in [3.8, 4) is 5.75 Å². The Morgan fingerprint density at radius 1 is 1.38 bits per heavy atom. The highest BCUT2D eigenvalue weighted by Crippen LogP contribution is 2.30. The van der Waals surface area contributed by atoms with Crippen LogP contribution in [0.5, 0.6) is 5.75 Å². The third kappa shape index (κ3) is 4.15. The molecule has 0 aliphatic carbocycles. The fourth-order valence-electron chi connectivity index (χ4n) is 3.48. The van der Waals surface area contributed by atoms with E-state index in [1.807, 2.05) is 0 Å². The third-order valence-electron chi connectivity index (χ3n) is 4.54. The summed E-state index contributed by atoms with van der Waals surface area (Å²) >= 11 is 5.75. The summed E-state index contributed by atoms with van der Waals surface area (Å²) in [6, 6.07) is 5.45. The molecule has 2 aliphatic rings. The van der Waals surface area contributed by atoms with E-state index in [1.54, 1.807) is 0 Å². The van der Waals surface area contributed by atoms with Crippen molar-refractivity contribution in [3.63, 3.8) is 0 Å². The van der Waals surface area contributed by atoms with Crippen molar-refractivity contribution in [1.29, 1.82) is 0 Å². The molecule has 2 fully saturated rings. The monoisotopic (exact) mass is 353 g/mol. The van der Waals surface area contributed by atoms with Crippen molar-refractivity contribution >= 4 is 23.2 Å². The number of hydrogen-bond acceptors (Lipinski definition) is 5. The van der Waals surface area contributed by atoms with Gasteiger partial charge in [0, 0.05) is 29.2 Å². The largest absolute Gasteiger partial charge is 0.486 e. The maximum atomic E-state index is 12.0. The van der Waals surface area contributed by atoms with Gasteiger partial charge >= 0.3 is 5.69 Å². The van der Waals surface area contributed by atoms with Crippen LogP contribution < -0.4 is 15.4 Å². The minimum atomic E-state index is -0.550. The molecule has 2 aliphatic heterocycles. The zero-order chi connectivity index (χ0) is 17.1. The number of nitrogens with zero attached hydrogens (tertiary/aromatic N) is 1. The summed E-state index contributed by atoms with van der Waals surface area (Å²) in [6.07, 6.45) is 4.46. The molecule has 130 valence electrons. The van der Waals surface area contributed by atoms with Crippen LogP contribution in [-0.4, -0.2) is 35.6 Å². The Morgan fingerprint density at radius 3 is 2.75 bits per heavy atom. The summed E-state index contributed by atoms with van der Waals surface area (Å²) in [4.78, 5) is 22.5. The molecule has 8 heteroatoms. The molecule has 0 spiro atoms. The first-order chi connectivity index (χ1) is 11.5. The summed E-state index contributed by atoms with van der Waals surface area (Å²) in [5.41, 5.74) is -0.196. The topological polar surface area (TPSA) is 93.5 Å². The normalized spacial score (nSPS) is 25.3. The van der Waals surface area contributed by atoms with E-state index in [9.17, 15) is 14.9 Å². The van der Waals surface area contributed by atoms with Gasteiger partial charge in [-0.1, -0.05) is 11.6 Å². The van der Waals surface area contributed by atoms with Gasteiger partial charge in [-0.2, -0.15) is 0 Å². The lowest BCUT2D eigenvalue weighted by molar-refractivity contribution is -0.385. The number of amides is 1. The van der Waals surface area contributed by atoms with E-state index in [1.165, 1.54) is 31.0 Å². The quantitative estimate of drug-likeness (QED) is 0.605. The average molecular weight is 354 g/mol. The van der Waals surface area contributed by atoms with Gasteiger partial charge in [0.1, 0.15) is 0 Å². The number of carbonyl (C=O) groups excluding carboxylic acids is 1. The third-order valence-corrected chi connectivity index (χ3v) is 4.78. The second-order valence-electron chi connectivity index (χ2n) is 6.34. The number of nitro groups is 1. The van der Waals surface area contributed by atoms with E-state index in [4.69, 9.17) is 16.3 Å². The first-order valence-corrected chi connectivity index (χ1v) is 8.51. The van der Waals surface area contributed by atoms with Gasteiger partial charge in [0.2, 0.25) is 5.91 Å². The van der Waals surface area contributed by atoms with Crippen molar-refractivity contribution in [2.24, 2.45) is 0 Å². The van der Waals surface area contributed by atoms with E-state index in [0.717, 1.165) is 12.8 Å². The van der Waals surface area contributed by atoms with Crippen LogP contribution >= 0.6 is 11.6 Å². The molecule has 1 aromatic rings. The van der Waals surface area contributed by atoms with E-state index in [-0.39, 0.29) is 41.4 Å². The Balaban J connectivity index is 1.46. The number of rotatable bonds is 6. The van der Waals surface area contributed by atoms with Gasteiger partial charge in [-0.05, 0) is 37.8 Å². The Kier molecular flexibility index (Phi) is 5.20. The average Bonchev–Trinajstić information content (AvgIpc) is 2.87. The van der Waals surface area contributed by atoms with Crippen molar-refractivity contribution < 1.29 is 14.5 Å². The first kappa shape index (κ1) is 17.0. The van der Waals surface area contributed by atoms with Crippen LogP contribution in [0.1, 0.15) is 32.1 Å². The molecule has 1 aromatic carbocycles. The highest BCUT2D eigenvalue weighted by Gasteiger charge is 2.33. The maximum Gasteiger partial charge on any atom is 0.312 e. The Bertz CT molecular complexity index is 628.